The van der Waals surface area contributed by atoms with Gasteiger partial charge in [0.05, 0.1) is 0 Å². The van der Waals surface area contributed by atoms with Gasteiger partial charge in [0.15, 0.2) is 0 Å². The Hall–Kier alpha value is -0.820. The zero-order valence-corrected chi connectivity index (χ0v) is 9.51. The summed E-state index contributed by atoms with van der Waals surface area (Å²) in [6.45, 7) is 5.53. The van der Waals surface area contributed by atoms with Gasteiger partial charge in [-0.05, 0) is 44.8 Å². The molecule has 1 aromatic carbocycles. The first kappa shape index (κ1) is 11.3. The Bertz CT molecular complexity index is 268. The number of hydrogen-bond acceptors (Lipinski definition) is 1. The van der Waals surface area contributed by atoms with E-state index in [1.54, 1.807) is 0 Å². The second kappa shape index (κ2) is 5.82. The van der Waals surface area contributed by atoms with E-state index < -0.39 is 0 Å². The molecule has 1 nitrogen and oxygen atoms in total. The van der Waals surface area contributed by atoms with Crippen LogP contribution in [0.15, 0.2) is 24.3 Å². The number of aryl methyl sites for hydroxylation is 1. The van der Waals surface area contributed by atoms with E-state index in [-0.39, 0.29) is 0 Å². The molecule has 0 fully saturated rings. The Morgan fingerprint density at radius 1 is 1.36 bits per heavy atom. The molecule has 1 unspecified atom stereocenters. The normalized spacial score (nSPS) is 12.8. The van der Waals surface area contributed by atoms with E-state index in [1.165, 1.54) is 24.0 Å². The smallest absolute Gasteiger partial charge is 0.00461 e. The topological polar surface area (TPSA) is 12.0 Å². The summed E-state index contributed by atoms with van der Waals surface area (Å²) < 4.78 is 0. The summed E-state index contributed by atoms with van der Waals surface area (Å²) in [5.74, 6) is 0.711. The van der Waals surface area contributed by atoms with Crippen molar-refractivity contribution in [2.24, 2.45) is 0 Å². The highest BCUT2D eigenvalue weighted by atomic mass is 14.8. The molecule has 0 aliphatic heterocycles. The highest BCUT2D eigenvalue weighted by molar-refractivity contribution is 5.25. The van der Waals surface area contributed by atoms with E-state index >= 15 is 0 Å². The Balaban J connectivity index is 2.68. The molecule has 0 bridgehead atoms. The van der Waals surface area contributed by atoms with Crippen molar-refractivity contribution in [1.82, 2.24) is 5.32 Å². The van der Waals surface area contributed by atoms with Gasteiger partial charge in [-0.3, -0.25) is 0 Å². The monoisotopic (exact) mass is 191 g/mol. The summed E-state index contributed by atoms with van der Waals surface area (Å²) in [5, 5.41) is 3.22. The molecule has 78 valence electrons. The molecule has 0 aliphatic carbocycles. The summed E-state index contributed by atoms with van der Waals surface area (Å²) in [4.78, 5) is 0. The lowest BCUT2D eigenvalue weighted by Gasteiger charge is -2.15. The number of benzene rings is 1. The van der Waals surface area contributed by atoms with Crippen molar-refractivity contribution >= 4 is 0 Å². The van der Waals surface area contributed by atoms with Crippen LogP contribution in [-0.4, -0.2) is 13.6 Å². The van der Waals surface area contributed by atoms with Crippen LogP contribution in [0.1, 0.15) is 36.8 Å². The number of hydrogen-bond donors (Lipinski definition) is 1. The van der Waals surface area contributed by atoms with Gasteiger partial charge < -0.3 is 5.32 Å². The van der Waals surface area contributed by atoms with E-state index in [1.807, 2.05) is 7.05 Å². The second-order valence-corrected chi connectivity index (χ2v) is 3.91. The largest absolute Gasteiger partial charge is 0.320 e. The standard InChI is InChI=1S/C13H21N/c1-4-12(8-9-14-3)13-7-5-6-11(2)10-13/h5-7,10,12,14H,4,8-9H2,1-3H3. The Morgan fingerprint density at radius 3 is 2.71 bits per heavy atom. The molecule has 1 heteroatoms. The molecule has 0 heterocycles. The van der Waals surface area contributed by atoms with Crippen LogP contribution in [0.5, 0.6) is 0 Å². The van der Waals surface area contributed by atoms with Crippen LogP contribution < -0.4 is 5.32 Å². The van der Waals surface area contributed by atoms with E-state index in [2.05, 4.69) is 43.4 Å². The fraction of sp³-hybridized carbons (Fsp3) is 0.538. The van der Waals surface area contributed by atoms with Crippen molar-refractivity contribution in [3.8, 4) is 0 Å². The van der Waals surface area contributed by atoms with Crippen LogP contribution in [0.2, 0.25) is 0 Å². The van der Waals surface area contributed by atoms with Gasteiger partial charge >= 0.3 is 0 Å². The van der Waals surface area contributed by atoms with Crippen LogP contribution in [0, 0.1) is 6.92 Å². The molecule has 1 rings (SSSR count). The third-order valence-electron chi connectivity index (χ3n) is 2.75. The Morgan fingerprint density at radius 2 is 2.14 bits per heavy atom. The summed E-state index contributed by atoms with van der Waals surface area (Å²) in [7, 11) is 2.02. The number of nitrogens with one attached hydrogen (secondary N) is 1. The average Bonchev–Trinajstić information content (AvgIpc) is 2.19. The Labute approximate surface area is 87.5 Å². The minimum atomic E-state index is 0.711. The van der Waals surface area contributed by atoms with Crippen molar-refractivity contribution in [2.75, 3.05) is 13.6 Å². The van der Waals surface area contributed by atoms with Crippen LogP contribution in [0.3, 0.4) is 0 Å². The van der Waals surface area contributed by atoms with E-state index in [9.17, 15) is 0 Å². The van der Waals surface area contributed by atoms with E-state index in [0.29, 0.717) is 5.92 Å². The molecule has 1 atom stereocenters. The SMILES string of the molecule is CCC(CCNC)c1cccc(C)c1. The van der Waals surface area contributed by atoms with E-state index in [4.69, 9.17) is 0 Å². The predicted molar refractivity (Wildman–Crippen MR) is 62.8 cm³/mol. The molecule has 1 N–H and O–H groups in total. The van der Waals surface area contributed by atoms with Crippen molar-refractivity contribution in [3.05, 3.63) is 35.4 Å². The minimum Gasteiger partial charge on any atom is -0.320 e. The lowest BCUT2D eigenvalue weighted by Crippen LogP contribution is -2.11. The third-order valence-corrected chi connectivity index (χ3v) is 2.75. The van der Waals surface area contributed by atoms with Crippen molar-refractivity contribution in [1.29, 1.82) is 0 Å². The van der Waals surface area contributed by atoms with Gasteiger partial charge in [0.2, 0.25) is 0 Å². The fourth-order valence-corrected chi connectivity index (χ4v) is 1.85. The Kier molecular flexibility index (Phi) is 4.68. The minimum absolute atomic E-state index is 0.711. The molecular formula is C13H21N. The maximum absolute atomic E-state index is 3.22. The lowest BCUT2D eigenvalue weighted by molar-refractivity contribution is 0.581. The van der Waals surface area contributed by atoms with Gasteiger partial charge in [-0.2, -0.15) is 0 Å². The van der Waals surface area contributed by atoms with Crippen LogP contribution in [-0.2, 0) is 0 Å². The molecule has 0 saturated heterocycles. The third kappa shape index (κ3) is 3.15. The van der Waals surface area contributed by atoms with Gasteiger partial charge in [-0.25, -0.2) is 0 Å². The molecule has 0 amide bonds. The summed E-state index contributed by atoms with van der Waals surface area (Å²) in [5.41, 5.74) is 2.85. The highest BCUT2D eigenvalue weighted by Crippen LogP contribution is 2.23. The first-order chi connectivity index (χ1) is 6.77. The van der Waals surface area contributed by atoms with Crippen molar-refractivity contribution in [3.63, 3.8) is 0 Å². The van der Waals surface area contributed by atoms with Crippen LogP contribution in [0.25, 0.3) is 0 Å². The first-order valence-electron chi connectivity index (χ1n) is 5.49. The number of rotatable bonds is 5. The average molecular weight is 191 g/mol. The second-order valence-electron chi connectivity index (χ2n) is 3.91. The molecular weight excluding hydrogens is 170 g/mol. The maximum atomic E-state index is 3.22. The molecule has 0 radical (unpaired) electrons. The lowest BCUT2D eigenvalue weighted by atomic mass is 9.92. The highest BCUT2D eigenvalue weighted by Gasteiger charge is 2.07. The van der Waals surface area contributed by atoms with E-state index in [0.717, 1.165) is 6.54 Å². The molecule has 0 aromatic heterocycles. The fourth-order valence-electron chi connectivity index (χ4n) is 1.85. The molecule has 14 heavy (non-hydrogen) atoms. The zero-order valence-electron chi connectivity index (χ0n) is 9.51. The molecule has 0 aliphatic rings. The maximum Gasteiger partial charge on any atom is -0.00461 e. The van der Waals surface area contributed by atoms with Crippen molar-refractivity contribution < 1.29 is 0 Å². The zero-order chi connectivity index (χ0) is 10.4. The van der Waals surface area contributed by atoms with Gasteiger partial charge in [-0.1, -0.05) is 36.8 Å². The summed E-state index contributed by atoms with van der Waals surface area (Å²) in [6.07, 6.45) is 2.46. The molecule has 0 saturated carbocycles. The van der Waals surface area contributed by atoms with Crippen LogP contribution in [0.4, 0.5) is 0 Å². The van der Waals surface area contributed by atoms with Gasteiger partial charge in [-0.15, -0.1) is 0 Å². The van der Waals surface area contributed by atoms with Gasteiger partial charge in [0.25, 0.3) is 0 Å². The molecule has 1 aromatic rings. The van der Waals surface area contributed by atoms with Crippen molar-refractivity contribution in [2.45, 2.75) is 32.6 Å². The first-order valence-corrected chi connectivity index (χ1v) is 5.49. The summed E-state index contributed by atoms with van der Waals surface area (Å²) in [6, 6.07) is 8.88. The molecule has 0 spiro atoms. The predicted octanol–water partition coefficient (Wildman–Crippen LogP) is 3.10. The van der Waals surface area contributed by atoms with Gasteiger partial charge in [0.1, 0.15) is 0 Å². The summed E-state index contributed by atoms with van der Waals surface area (Å²) >= 11 is 0. The van der Waals surface area contributed by atoms with Gasteiger partial charge in [0, 0.05) is 0 Å². The quantitative estimate of drug-likeness (QED) is 0.754. The van der Waals surface area contributed by atoms with Crippen LogP contribution >= 0.6 is 0 Å².